The largest absolute Gasteiger partial charge is 0.337 e. The smallest absolute Gasteiger partial charge is 0.260 e. The Bertz CT molecular complexity index is 483. The second-order valence-electron chi connectivity index (χ2n) is 4.85. The van der Waals surface area contributed by atoms with Crippen LogP contribution in [0.1, 0.15) is 26.6 Å². The minimum Gasteiger partial charge on any atom is -0.337 e. The quantitative estimate of drug-likeness (QED) is 0.805. The molecule has 0 radical (unpaired) electrons. The highest BCUT2D eigenvalue weighted by Crippen LogP contribution is 2.14. The number of imidazole rings is 1. The van der Waals surface area contributed by atoms with E-state index < -0.39 is 15.6 Å². The monoisotopic (exact) mass is 260 g/mol. The molecule has 7 heteroatoms. The van der Waals surface area contributed by atoms with Crippen molar-refractivity contribution >= 4 is 10.0 Å². The van der Waals surface area contributed by atoms with Crippen LogP contribution in [0.4, 0.5) is 0 Å². The topological polar surface area (TPSA) is 90.0 Å². The highest BCUT2D eigenvalue weighted by molar-refractivity contribution is 7.89. The predicted octanol–water partition coefficient (Wildman–Crippen LogP) is 0.133. The minimum absolute atomic E-state index is 0.0197. The van der Waals surface area contributed by atoms with Gasteiger partial charge in [-0.2, -0.15) is 0 Å². The van der Waals surface area contributed by atoms with Crippen molar-refractivity contribution in [1.82, 2.24) is 14.3 Å². The first kappa shape index (κ1) is 14.1. The molecule has 17 heavy (non-hydrogen) atoms. The lowest BCUT2D eigenvalue weighted by Crippen LogP contribution is -2.54. The SMILES string of the molecule is Cc1nc(S(=O)(=O)NC(C)(C)C(C)N)cn1C. The second-order valence-corrected chi connectivity index (χ2v) is 6.48. The van der Waals surface area contributed by atoms with Crippen LogP contribution in [-0.4, -0.2) is 29.5 Å². The molecule has 1 unspecified atom stereocenters. The van der Waals surface area contributed by atoms with Crippen LogP contribution in [0.25, 0.3) is 0 Å². The van der Waals surface area contributed by atoms with Crippen LogP contribution in [-0.2, 0) is 17.1 Å². The first-order chi connectivity index (χ1) is 7.56. The molecule has 1 heterocycles. The van der Waals surface area contributed by atoms with Crippen LogP contribution < -0.4 is 10.5 Å². The van der Waals surface area contributed by atoms with Gasteiger partial charge in [-0.3, -0.25) is 0 Å². The van der Waals surface area contributed by atoms with E-state index in [4.69, 9.17) is 5.73 Å². The van der Waals surface area contributed by atoms with Crippen LogP contribution in [0, 0.1) is 6.92 Å². The number of nitrogens with zero attached hydrogens (tertiary/aromatic N) is 2. The van der Waals surface area contributed by atoms with Gasteiger partial charge in [-0.25, -0.2) is 18.1 Å². The van der Waals surface area contributed by atoms with Crippen molar-refractivity contribution in [1.29, 1.82) is 0 Å². The third kappa shape index (κ3) is 3.05. The molecule has 1 rings (SSSR count). The van der Waals surface area contributed by atoms with Crippen LogP contribution in [0.2, 0.25) is 0 Å². The molecule has 0 fully saturated rings. The summed E-state index contributed by atoms with van der Waals surface area (Å²) in [4.78, 5) is 4.00. The summed E-state index contributed by atoms with van der Waals surface area (Å²) in [5, 5.41) is 0.0197. The minimum atomic E-state index is -3.63. The Labute approximate surface area is 102 Å². The summed E-state index contributed by atoms with van der Waals surface area (Å²) in [5.74, 6) is 0.643. The average Bonchev–Trinajstić information content (AvgIpc) is 2.45. The van der Waals surface area contributed by atoms with E-state index in [0.717, 1.165) is 0 Å². The lowest BCUT2D eigenvalue weighted by Gasteiger charge is -2.29. The zero-order valence-electron chi connectivity index (χ0n) is 10.9. The molecule has 0 saturated carbocycles. The molecule has 6 nitrogen and oxygen atoms in total. The lowest BCUT2D eigenvalue weighted by atomic mass is 9.99. The van der Waals surface area contributed by atoms with Crippen molar-refractivity contribution in [2.45, 2.75) is 44.3 Å². The van der Waals surface area contributed by atoms with Crippen molar-refractivity contribution in [3.8, 4) is 0 Å². The van der Waals surface area contributed by atoms with Crippen LogP contribution in [0.5, 0.6) is 0 Å². The third-order valence-electron chi connectivity index (χ3n) is 2.90. The number of nitrogens with two attached hydrogens (primary N) is 1. The fourth-order valence-corrected chi connectivity index (χ4v) is 2.68. The van der Waals surface area contributed by atoms with E-state index in [1.54, 1.807) is 39.3 Å². The molecule has 0 amide bonds. The van der Waals surface area contributed by atoms with E-state index in [1.165, 1.54) is 6.20 Å². The predicted molar refractivity (Wildman–Crippen MR) is 66.0 cm³/mol. The number of aromatic nitrogens is 2. The summed E-state index contributed by atoms with van der Waals surface area (Å²) in [6.07, 6.45) is 1.48. The maximum Gasteiger partial charge on any atom is 0.260 e. The van der Waals surface area contributed by atoms with Gasteiger partial charge in [0.1, 0.15) is 5.82 Å². The van der Waals surface area contributed by atoms with Crippen molar-refractivity contribution in [3.05, 3.63) is 12.0 Å². The summed E-state index contributed by atoms with van der Waals surface area (Å²) in [7, 11) is -1.88. The van der Waals surface area contributed by atoms with Crippen LogP contribution in [0.15, 0.2) is 11.2 Å². The maximum atomic E-state index is 12.1. The van der Waals surface area contributed by atoms with E-state index in [0.29, 0.717) is 5.82 Å². The fraction of sp³-hybridized carbons (Fsp3) is 0.700. The summed E-state index contributed by atoms with van der Waals surface area (Å²) in [6, 6.07) is -0.304. The molecule has 0 aliphatic heterocycles. The first-order valence-corrected chi connectivity index (χ1v) is 6.84. The van der Waals surface area contributed by atoms with E-state index >= 15 is 0 Å². The van der Waals surface area contributed by atoms with Crippen molar-refractivity contribution in [3.63, 3.8) is 0 Å². The molecule has 0 aliphatic carbocycles. The molecule has 3 N–H and O–H groups in total. The molecule has 1 atom stereocenters. The van der Waals surface area contributed by atoms with Gasteiger partial charge >= 0.3 is 0 Å². The van der Waals surface area contributed by atoms with Gasteiger partial charge in [0.25, 0.3) is 10.0 Å². The first-order valence-electron chi connectivity index (χ1n) is 5.36. The molecule has 0 bridgehead atoms. The Morgan fingerprint density at radius 2 is 2.06 bits per heavy atom. The molecule has 0 aliphatic rings. The molecule has 1 aromatic rings. The zero-order chi connectivity index (χ0) is 13.4. The molecular formula is C10H20N4O2S. The summed E-state index contributed by atoms with van der Waals surface area (Å²) in [6.45, 7) is 6.98. The Morgan fingerprint density at radius 3 is 2.41 bits per heavy atom. The average molecular weight is 260 g/mol. The summed E-state index contributed by atoms with van der Waals surface area (Å²) < 4.78 is 28.4. The number of nitrogens with one attached hydrogen (secondary N) is 1. The Hall–Kier alpha value is -0.920. The van der Waals surface area contributed by atoms with Gasteiger partial charge in [-0.05, 0) is 27.7 Å². The van der Waals surface area contributed by atoms with E-state index in [2.05, 4.69) is 9.71 Å². The van der Waals surface area contributed by atoms with Gasteiger partial charge in [0.05, 0.1) is 0 Å². The van der Waals surface area contributed by atoms with Crippen LogP contribution >= 0.6 is 0 Å². The second kappa shape index (κ2) is 4.40. The van der Waals surface area contributed by atoms with Gasteiger partial charge in [0.2, 0.25) is 0 Å². The molecule has 98 valence electrons. The normalized spacial score (nSPS) is 14.9. The van der Waals surface area contributed by atoms with Gasteiger partial charge < -0.3 is 10.3 Å². The molecule has 0 spiro atoms. The van der Waals surface area contributed by atoms with Crippen molar-refractivity contribution in [2.75, 3.05) is 0 Å². The fourth-order valence-electron chi connectivity index (χ4n) is 1.15. The highest BCUT2D eigenvalue weighted by Gasteiger charge is 2.30. The van der Waals surface area contributed by atoms with E-state index in [1.807, 2.05) is 0 Å². The van der Waals surface area contributed by atoms with Crippen molar-refractivity contribution < 1.29 is 8.42 Å². The summed E-state index contributed by atoms with van der Waals surface area (Å²) in [5.41, 5.74) is 5.02. The maximum absolute atomic E-state index is 12.1. The third-order valence-corrected chi connectivity index (χ3v) is 4.44. The van der Waals surface area contributed by atoms with E-state index in [-0.39, 0.29) is 11.1 Å². The zero-order valence-corrected chi connectivity index (χ0v) is 11.7. The highest BCUT2D eigenvalue weighted by atomic mass is 32.2. The van der Waals surface area contributed by atoms with Gasteiger partial charge in [-0.1, -0.05) is 0 Å². The van der Waals surface area contributed by atoms with E-state index in [9.17, 15) is 8.42 Å². The molecular weight excluding hydrogens is 240 g/mol. The number of sulfonamides is 1. The molecule has 0 saturated heterocycles. The van der Waals surface area contributed by atoms with Crippen LogP contribution in [0.3, 0.4) is 0 Å². The number of hydrogen-bond donors (Lipinski definition) is 2. The number of hydrogen-bond acceptors (Lipinski definition) is 4. The van der Waals surface area contributed by atoms with Gasteiger partial charge in [0.15, 0.2) is 5.03 Å². The Kier molecular flexibility index (Phi) is 3.66. The summed E-state index contributed by atoms with van der Waals surface area (Å²) >= 11 is 0. The van der Waals surface area contributed by atoms with Gasteiger partial charge in [0, 0.05) is 24.8 Å². The lowest BCUT2D eigenvalue weighted by molar-refractivity contribution is 0.387. The molecule has 0 aromatic carbocycles. The van der Waals surface area contributed by atoms with Crippen molar-refractivity contribution in [2.24, 2.45) is 12.8 Å². The number of aryl methyl sites for hydroxylation is 2. The Morgan fingerprint density at radius 1 is 1.53 bits per heavy atom. The number of rotatable bonds is 4. The van der Waals surface area contributed by atoms with Gasteiger partial charge in [-0.15, -0.1) is 0 Å². The standard InChI is InChI=1S/C10H20N4O2S/c1-7(11)10(3,4)13-17(15,16)9-6-14(5)8(2)12-9/h6-7,13H,11H2,1-5H3. The Balaban J connectivity index is 3.05. The molecule has 1 aromatic heterocycles.